The molecule has 6 heteroatoms. The molecular formula is C8H10O6. The molecule has 3 aliphatic rings. The van der Waals surface area contributed by atoms with E-state index >= 15 is 0 Å². The summed E-state index contributed by atoms with van der Waals surface area (Å²) in [5, 5.41) is 19.3. The molecule has 0 amide bonds. The van der Waals surface area contributed by atoms with Gasteiger partial charge in [-0.05, 0) is 0 Å². The molecule has 3 fully saturated rings. The Labute approximate surface area is 79.4 Å². The molecule has 0 aromatic heterocycles. The summed E-state index contributed by atoms with van der Waals surface area (Å²) in [7, 11) is 1.24. The van der Waals surface area contributed by atoms with Gasteiger partial charge in [-0.15, -0.1) is 0 Å². The standard InChI is InChI=1S/C8H10O6/c1-12-7(10)2-4-5(13-4)3(9)6-8(2,11)14-6/h2-6,9,11H,1H3. The molecule has 3 rings (SSSR count). The second-order valence-corrected chi connectivity index (χ2v) is 3.85. The molecule has 0 aromatic carbocycles. The van der Waals surface area contributed by atoms with E-state index in [9.17, 15) is 15.0 Å². The summed E-state index contributed by atoms with van der Waals surface area (Å²) in [6.07, 6.45) is -2.42. The Kier molecular flexibility index (Phi) is 1.40. The van der Waals surface area contributed by atoms with Crippen LogP contribution in [0.3, 0.4) is 0 Å². The number of fused-ring (bicyclic) bond motifs is 2. The van der Waals surface area contributed by atoms with Crippen LogP contribution in [0.2, 0.25) is 0 Å². The SMILES string of the molecule is COC(=O)C1C2OC2C(O)C2OC21O. The summed E-state index contributed by atoms with van der Waals surface area (Å²) in [4.78, 5) is 11.3. The van der Waals surface area contributed by atoms with Crippen LogP contribution >= 0.6 is 0 Å². The van der Waals surface area contributed by atoms with Gasteiger partial charge in [0.1, 0.15) is 30.3 Å². The highest BCUT2D eigenvalue weighted by atomic mass is 16.8. The first-order valence-corrected chi connectivity index (χ1v) is 4.41. The zero-order valence-electron chi connectivity index (χ0n) is 7.41. The first-order valence-electron chi connectivity index (χ1n) is 4.41. The van der Waals surface area contributed by atoms with Crippen molar-refractivity contribution in [3.8, 4) is 0 Å². The summed E-state index contributed by atoms with van der Waals surface area (Å²) in [6.45, 7) is 0. The van der Waals surface area contributed by atoms with Gasteiger partial charge in [0.15, 0.2) is 0 Å². The number of hydrogen-bond acceptors (Lipinski definition) is 6. The number of epoxide rings is 2. The number of hydrogen-bond donors (Lipinski definition) is 2. The molecule has 0 spiro atoms. The van der Waals surface area contributed by atoms with Crippen LogP contribution in [-0.4, -0.2) is 53.5 Å². The van der Waals surface area contributed by atoms with Gasteiger partial charge in [0, 0.05) is 0 Å². The van der Waals surface area contributed by atoms with Crippen LogP contribution < -0.4 is 0 Å². The summed E-state index contributed by atoms with van der Waals surface area (Å²) >= 11 is 0. The van der Waals surface area contributed by atoms with Gasteiger partial charge < -0.3 is 24.4 Å². The van der Waals surface area contributed by atoms with Crippen molar-refractivity contribution >= 4 is 5.97 Å². The highest BCUT2D eigenvalue weighted by Gasteiger charge is 2.79. The molecule has 0 bridgehead atoms. The average Bonchev–Trinajstić information content (AvgIpc) is 3.00. The van der Waals surface area contributed by atoms with E-state index in [0.717, 1.165) is 0 Å². The topological polar surface area (TPSA) is 91.8 Å². The summed E-state index contributed by atoms with van der Waals surface area (Å²) in [6, 6.07) is 0. The Morgan fingerprint density at radius 3 is 2.86 bits per heavy atom. The second-order valence-electron chi connectivity index (χ2n) is 3.85. The molecule has 78 valence electrons. The van der Waals surface area contributed by atoms with Crippen LogP contribution in [-0.2, 0) is 19.0 Å². The summed E-state index contributed by atoms with van der Waals surface area (Å²) in [5.74, 6) is -2.97. The highest BCUT2D eigenvalue weighted by molar-refractivity contribution is 5.76. The lowest BCUT2D eigenvalue weighted by Crippen LogP contribution is -2.47. The monoisotopic (exact) mass is 202 g/mol. The number of esters is 1. The fourth-order valence-electron chi connectivity index (χ4n) is 2.25. The number of aliphatic hydroxyl groups excluding tert-OH is 1. The molecule has 6 unspecified atom stereocenters. The van der Waals surface area contributed by atoms with E-state index in [1.54, 1.807) is 0 Å². The van der Waals surface area contributed by atoms with Crippen molar-refractivity contribution in [2.75, 3.05) is 7.11 Å². The zero-order valence-corrected chi connectivity index (χ0v) is 7.41. The summed E-state index contributed by atoms with van der Waals surface area (Å²) in [5.41, 5.74) is 0. The smallest absolute Gasteiger partial charge is 0.317 e. The third-order valence-electron chi connectivity index (χ3n) is 3.10. The Hall–Kier alpha value is -0.690. The second kappa shape index (κ2) is 2.27. The third-order valence-corrected chi connectivity index (χ3v) is 3.10. The van der Waals surface area contributed by atoms with Gasteiger partial charge in [0.25, 0.3) is 0 Å². The fourth-order valence-corrected chi connectivity index (χ4v) is 2.25. The molecule has 6 nitrogen and oxygen atoms in total. The number of carbonyl (C=O) groups excluding carboxylic acids is 1. The number of aliphatic hydroxyl groups is 2. The van der Waals surface area contributed by atoms with Gasteiger partial charge in [-0.2, -0.15) is 0 Å². The Bertz CT molecular complexity index is 304. The molecule has 2 aliphatic heterocycles. The van der Waals surface area contributed by atoms with Crippen LogP contribution in [0, 0.1) is 5.92 Å². The molecule has 2 saturated heterocycles. The Morgan fingerprint density at radius 2 is 2.21 bits per heavy atom. The number of methoxy groups -OCH3 is 1. The quantitative estimate of drug-likeness (QED) is 0.377. The van der Waals surface area contributed by atoms with Crippen molar-refractivity contribution in [2.45, 2.75) is 30.2 Å². The predicted molar refractivity (Wildman–Crippen MR) is 40.0 cm³/mol. The van der Waals surface area contributed by atoms with Crippen molar-refractivity contribution in [3.63, 3.8) is 0 Å². The lowest BCUT2D eigenvalue weighted by molar-refractivity contribution is -0.157. The fraction of sp³-hybridized carbons (Fsp3) is 0.875. The van der Waals surface area contributed by atoms with Crippen molar-refractivity contribution < 1.29 is 29.2 Å². The summed E-state index contributed by atoms with van der Waals surface area (Å²) < 4.78 is 14.6. The Balaban J connectivity index is 1.89. The van der Waals surface area contributed by atoms with Gasteiger partial charge >= 0.3 is 5.97 Å². The molecule has 0 radical (unpaired) electrons. The molecule has 2 N–H and O–H groups in total. The molecular weight excluding hydrogens is 192 g/mol. The zero-order chi connectivity index (χ0) is 10.1. The van der Waals surface area contributed by atoms with E-state index in [4.69, 9.17) is 9.47 Å². The maximum Gasteiger partial charge on any atom is 0.317 e. The van der Waals surface area contributed by atoms with E-state index in [1.165, 1.54) is 7.11 Å². The molecule has 1 aliphatic carbocycles. The maximum absolute atomic E-state index is 11.3. The van der Waals surface area contributed by atoms with E-state index in [-0.39, 0.29) is 0 Å². The molecule has 14 heavy (non-hydrogen) atoms. The first-order chi connectivity index (χ1) is 6.59. The van der Waals surface area contributed by atoms with Gasteiger partial charge in [-0.1, -0.05) is 0 Å². The van der Waals surface area contributed by atoms with Gasteiger partial charge in [0.2, 0.25) is 5.79 Å². The normalized spacial score (nSPS) is 58.4. The molecule has 2 heterocycles. The van der Waals surface area contributed by atoms with Gasteiger partial charge in [0.05, 0.1) is 7.11 Å². The number of rotatable bonds is 1. The largest absolute Gasteiger partial charge is 0.469 e. The minimum Gasteiger partial charge on any atom is -0.469 e. The van der Waals surface area contributed by atoms with Crippen molar-refractivity contribution in [1.29, 1.82) is 0 Å². The van der Waals surface area contributed by atoms with E-state index < -0.39 is 42.1 Å². The highest BCUT2D eigenvalue weighted by Crippen LogP contribution is 2.56. The number of ether oxygens (including phenoxy) is 3. The van der Waals surface area contributed by atoms with Gasteiger partial charge in [-0.25, -0.2) is 0 Å². The van der Waals surface area contributed by atoms with Crippen LogP contribution in [0.4, 0.5) is 0 Å². The van der Waals surface area contributed by atoms with Crippen LogP contribution in [0.1, 0.15) is 0 Å². The minimum atomic E-state index is -1.58. The molecule has 1 saturated carbocycles. The first kappa shape index (κ1) is 8.60. The maximum atomic E-state index is 11.3. The minimum absolute atomic E-state index is 0.396. The van der Waals surface area contributed by atoms with Crippen LogP contribution in [0.15, 0.2) is 0 Å². The lowest BCUT2D eigenvalue weighted by Gasteiger charge is -2.20. The van der Waals surface area contributed by atoms with Crippen molar-refractivity contribution in [3.05, 3.63) is 0 Å². The average molecular weight is 202 g/mol. The van der Waals surface area contributed by atoms with Crippen molar-refractivity contribution in [2.24, 2.45) is 5.92 Å². The van der Waals surface area contributed by atoms with E-state index in [1.807, 2.05) is 0 Å². The Morgan fingerprint density at radius 1 is 1.50 bits per heavy atom. The van der Waals surface area contributed by atoms with E-state index in [0.29, 0.717) is 0 Å². The van der Waals surface area contributed by atoms with Crippen LogP contribution in [0.5, 0.6) is 0 Å². The molecule has 6 atom stereocenters. The number of carbonyl (C=O) groups is 1. The van der Waals surface area contributed by atoms with Gasteiger partial charge in [-0.3, -0.25) is 4.79 Å². The lowest BCUT2D eigenvalue weighted by atomic mass is 9.85. The molecule has 0 aromatic rings. The van der Waals surface area contributed by atoms with Crippen molar-refractivity contribution in [1.82, 2.24) is 0 Å². The third kappa shape index (κ3) is 0.819. The predicted octanol–water partition coefficient (Wildman–Crippen LogP) is -2.00. The van der Waals surface area contributed by atoms with Crippen LogP contribution in [0.25, 0.3) is 0 Å². The van der Waals surface area contributed by atoms with E-state index in [2.05, 4.69) is 4.74 Å².